The largest absolute Gasteiger partial charge is 0.494 e. The first kappa shape index (κ1) is 20.9. The first-order valence-electron chi connectivity index (χ1n) is 10.2. The molecule has 0 fully saturated rings. The first-order valence-corrected chi connectivity index (χ1v) is 10.6. The standard InChI is InChI=1S/C25H23ClN2O3/c1-4-30-19-7-5-6-17(12-19)24(29)27-21-14-18(8-10-20(21)26)25-28-22-13-16(15(2)3)9-11-23(22)31-25/h5-15H,4H2,1-3H3,(H,27,29). The third-order valence-corrected chi connectivity index (χ3v) is 5.28. The SMILES string of the molecule is CCOc1cccc(C(=O)Nc2cc(-c3nc4cc(C(C)C)ccc4o3)ccc2Cl)c1. The number of aromatic nitrogens is 1. The number of benzene rings is 3. The molecule has 1 aromatic heterocycles. The van der Waals surface area contributed by atoms with Crippen molar-refractivity contribution in [1.82, 2.24) is 4.98 Å². The highest BCUT2D eigenvalue weighted by Crippen LogP contribution is 2.31. The molecule has 0 saturated heterocycles. The van der Waals surface area contributed by atoms with Crippen molar-refractivity contribution in [2.24, 2.45) is 0 Å². The van der Waals surface area contributed by atoms with Crippen LogP contribution in [-0.4, -0.2) is 17.5 Å². The van der Waals surface area contributed by atoms with E-state index >= 15 is 0 Å². The molecule has 0 saturated carbocycles. The van der Waals surface area contributed by atoms with Crippen LogP contribution in [0.4, 0.5) is 5.69 Å². The summed E-state index contributed by atoms with van der Waals surface area (Å²) in [6, 6.07) is 18.3. The van der Waals surface area contributed by atoms with E-state index in [1.807, 2.05) is 37.3 Å². The van der Waals surface area contributed by atoms with Crippen LogP contribution in [0.3, 0.4) is 0 Å². The Bertz CT molecular complexity index is 1250. The fourth-order valence-corrected chi connectivity index (χ4v) is 3.43. The number of carbonyl (C=O) groups is 1. The summed E-state index contributed by atoms with van der Waals surface area (Å²) in [5, 5.41) is 3.30. The van der Waals surface area contributed by atoms with E-state index in [0.717, 1.165) is 11.1 Å². The molecule has 4 rings (SSSR count). The van der Waals surface area contributed by atoms with E-state index in [1.165, 1.54) is 5.56 Å². The number of nitrogens with one attached hydrogen (secondary N) is 1. The monoisotopic (exact) mass is 434 g/mol. The van der Waals surface area contributed by atoms with Crippen LogP contribution < -0.4 is 10.1 Å². The van der Waals surface area contributed by atoms with Gasteiger partial charge in [0.1, 0.15) is 11.3 Å². The Hall–Kier alpha value is -3.31. The molecule has 4 aromatic rings. The van der Waals surface area contributed by atoms with Gasteiger partial charge >= 0.3 is 0 Å². The summed E-state index contributed by atoms with van der Waals surface area (Å²) in [5.74, 6) is 1.24. The minimum absolute atomic E-state index is 0.278. The molecule has 0 unspecified atom stereocenters. The lowest BCUT2D eigenvalue weighted by Crippen LogP contribution is -2.12. The molecule has 0 spiro atoms. The zero-order valence-electron chi connectivity index (χ0n) is 17.6. The van der Waals surface area contributed by atoms with Crippen LogP contribution in [0.15, 0.2) is 65.1 Å². The Morgan fingerprint density at radius 3 is 2.74 bits per heavy atom. The maximum absolute atomic E-state index is 12.7. The third kappa shape index (κ3) is 4.57. The lowest BCUT2D eigenvalue weighted by molar-refractivity contribution is 0.102. The maximum atomic E-state index is 12.7. The van der Waals surface area contributed by atoms with Gasteiger partial charge in [-0.25, -0.2) is 4.98 Å². The van der Waals surface area contributed by atoms with Gasteiger partial charge in [0, 0.05) is 11.1 Å². The van der Waals surface area contributed by atoms with Gasteiger partial charge in [-0.3, -0.25) is 4.79 Å². The average molecular weight is 435 g/mol. The van der Waals surface area contributed by atoms with E-state index in [4.69, 9.17) is 20.8 Å². The molecular formula is C25H23ClN2O3. The highest BCUT2D eigenvalue weighted by Gasteiger charge is 2.14. The second kappa shape index (κ2) is 8.82. The number of nitrogens with zero attached hydrogens (tertiary/aromatic N) is 1. The van der Waals surface area contributed by atoms with Crippen molar-refractivity contribution in [3.8, 4) is 17.2 Å². The summed E-state index contributed by atoms with van der Waals surface area (Å²) < 4.78 is 11.4. The number of oxazole rings is 1. The van der Waals surface area contributed by atoms with Crippen LogP contribution in [0.5, 0.6) is 5.75 Å². The van der Waals surface area contributed by atoms with Crippen LogP contribution in [0.25, 0.3) is 22.6 Å². The number of rotatable bonds is 6. The average Bonchev–Trinajstić information content (AvgIpc) is 3.19. The van der Waals surface area contributed by atoms with Crippen LogP contribution in [0.1, 0.15) is 42.6 Å². The van der Waals surface area contributed by atoms with Gasteiger partial charge in [0.15, 0.2) is 5.58 Å². The van der Waals surface area contributed by atoms with Gasteiger partial charge in [-0.15, -0.1) is 0 Å². The number of ether oxygens (including phenoxy) is 1. The van der Waals surface area contributed by atoms with Crippen molar-refractivity contribution < 1.29 is 13.9 Å². The number of hydrogen-bond acceptors (Lipinski definition) is 4. The van der Waals surface area contributed by atoms with Gasteiger partial charge in [0.25, 0.3) is 5.91 Å². The van der Waals surface area contributed by atoms with Crippen LogP contribution >= 0.6 is 11.6 Å². The highest BCUT2D eigenvalue weighted by molar-refractivity contribution is 6.34. The lowest BCUT2D eigenvalue weighted by atomic mass is 10.0. The molecule has 6 heteroatoms. The fraction of sp³-hybridized carbons (Fsp3) is 0.200. The zero-order chi connectivity index (χ0) is 22.0. The van der Waals surface area contributed by atoms with E-state index in [1.54, 1.807) is 30.3 Å². The number of halogens is 1. The molecule has 0 bridgehead atoms. The summed E-state index contributed by atoms with van der Waals surface area (Å²) >= 11 is 6.34. The Morgan fingerprint density at radius 1 is 1.13 bits per heavy atom. The molecule has 0 aliphatic rings. The second-order valence-corrected chi connectivity index (χ2v) is 7.92. The number of amides is 1. The van der Waals surface area contributed by atoms with Crippen LogP contribution in [0, 0.1) is 0 Å². The van der Waals surface area contributed by atoms with E-state index in [0.29, 0.717) is 46.0 Å². The molecule has 1 N–H and O–H groups in total. The molecule has 158 valence electrons. The summed E-state index contributed by atoms with van der Waals surface area (Å²) in [5.41, 5.74) is 4.41. The van der Waals surface area contributed by atoms with Crippen molar-refractivity contribution in [1.29, 1.82) is 0 Å². The Balaban J connectivity index is 1.62. The summed E-state index contributed by atoms with van der Waals surface area (Å²) in [4.78, 5) is 17.4. The molecule has 0 aliphatic heterocycles. The molecule has 5 nitrogen and oxygen atoms in total. The maximum Gasteiger partial charge on any atom is 0.255 e. The van der Waals surface area contributed by atoms with Gasteiger partial charge < -0.3 is 14.5 Å². The minimum atomic E-state index is -0.278. The van der Waals surface area contributed by atoms with Gasteiger partial charge in [-0.1, -0.05) is 37.6 Å². The first-order chi connectivity index (χ1) is 14.9. The van der Waals surface area contributed by atoms with Crippen molar-refractivity contribution in [3.63, 3.8) is 0 Å². The van der Waals surface area contributed by atoms with Crippen molar-refractivity contribution in [3.05, 3.63) is 76.8 Å². The lowest BCUT2D eigenvalue weighted by Gasteiger charge is -2.10. The van der Waals surface area contributed by atoms with E-state index < -0.39 is 0 Å². The fourth-order valence-electron chi connectivity index (χ4n) is 3.27. The quantitative estimate of drug-likeness (QED) is 0.357. The van der Waals surface area contributed by atoms with Crippen molar-refractivity contribution in [2.45, 2.75) is 26.7 Å². The Labute approximate surface area is 186 Å². The molecule has 31 heavy (non-hydrogen) atoms. The Kier molecular flexibility index (Phi) is 5.96. The number of fused-ring (bicyclic) bond motifs is 1. The summed E-state index contributed by atoms with van der Waals surface area (Å²) in [7, 11) is 0. The number of anilines is 1. The number of carbonyl (C=O) groups excluding carboxylic acids is 1. The van der Waals surface area contributed by atoms with Gasteiger partial charge in [0.2, 0.25) is 5.89 Å². The van der Waals surface area contributed by atoms with Crippen LogP contribution in [-0.2, 0) is 0 Å². The topological polar surface area (TPSA) is 64.4 Å². The van der Waals surface area contributed by atoms with Gasteiger partial charge in [0.05, 0.1) is 17.3 Å². The molecule has 0 aliphatic carbocycles. The summed E-state index contributed by atoms with van der Waals surface area (Å²) in [6.45, 7) is 6.70. The van der Waals surface area contributed by atoms with E-state index in [9.17, 15) is 4.79 Å². The smallest absolute Gasteiger partial charge is 0.255 e. The van der Waals surface area contributed by atoms with E-state index in [-0.39, 0.29) is 5.91 Å². The Morgan fingerprint density at radius 2 is 1.97 bits per heavy atom. The molecular weight excluding hydrogens is 412 g/mol. The van der Waals surface area contributed by atoms with Crippen LogP contribution in [0.2, 0.25) is 5.02 Å². The zero-order valence-corrected chi connectivity index (χ0v) is 18.4. The second-order valence-electron chi connectivity index (χ2n) is 7.51. The molecule has 3 aromatic carbocycles. The van der Waals surface area contributed by atoms with Crippen molar-refractivity contribution >= 4 is 34.3 Å². The number of hydrogen-bond donors (Lipinski definition) is 1. The molecule has 0 atom stereocenters. The minimum Gasteiger partial charge on any atom is -0.494 e. The van der Waals surface area contributed by atoms with Gasteiger partial charge in [-0.2, -0.15) is 0 Å². The normalized spacial score (nSPS) is 11.1. The van der Waals surface area contributed by atoms with Gasteiger partial charge in [-0.05, 0) is 66.9 Å². The predicted octanol–water partition coefficient (Wildman–Crippen LogP) is 6.92. The predicted molar refractivity (Wildman–Crippen MR) is 124 cm³/mol. The summed E-state index contributed by atoms with van der Waals surface area (Å²) in [6.07, 6.45) is 0. The molecule has 1 amide bonds. The molecule has 1 heterocycles. The molecule has 0 radical (unpaired) electrons. The third-order valence-electron chi connectivity index (χ3n) is 4.95. The highest BCUT2D eigenvalue weighted by atomic mass is 35.5. The van der Waals surface area contributed by atoms with E-state index in [2.05, 4.69) is 24.1 Å². The van der Waals surface area contributed by atoms with Crippen molar-refractivity contribution in [2.75, 3.05) is 11.9 Å².